The summed E-state index contributed by atoms with van der Waals surface area (Å²) < 4.78 is 27.4. The van der Waals surface area contributed by atoms with Gasteiger partial charge in [-0.2, -0.15) is 5.26 Å². The number of halogens is 3. The van der Waals surface area contributed by atoms with Crippen LogP contribution in [0, 0.1) is 23.0 Å². The second kappa shape index (κ2) is 5.89. The third-order valence-electron chi connectivity index (χ3n) is 2.91. The summed E-state index contributed by atoms with van der Waals surface area (Å²) in [5.41, 5.74) is 0.726. The molecule has 0 heterocycles. The lowest BCUT2D eigenvalue weighted by Gasteiger charge is -2.18. The van der Waals surface area contributed by atoms with Gasteiger partial charge >= 0.3 is 0 Å². The first-order valence-corrected chi connectivity index (χ1v) is 6.31. The SMILES string of the molecule is CC(Nc1cc(Cl)ccc1C#N)c1c(F)cccc1F. The van der Waals surface area contributed by atoms with Gasteiger partial charge < -0.3 is 5.32 Å². The van der Waals surface area contributed by atoms with E-state index >= 15 is 0 Å². The number of rotatable bonds is 3. The maximum absolute atomic E-state index is 13.7. The van der Waals surface area contributed by atoms with E-state index in [-0.39, 0.29) is 5.56 Å². The van der Waals surface area contributed by atoms with Crippen molar-refractivity contribution in [2.45, 2.75) is 13.0 Å². The first kappa shape index (κ1) is 14.3. The molecule has 2 nitrogen and oxygen atoms in total. The molecule has 0 bridgehead atoms. The largest absolute Gasteiger partial charge is 0.377 e. The van der Waals surface area contributed by atoms with Gasteiger partial charge in [0.1, 0.15) is 17.7 Å². The van der Waals surface area contributed by atoms with E-state index in [1.165, 1.54) is 18.2 Å². The molecule has 102 valence electrons. The normalized spacial score (nSPS) is 11.8. The molecule has 5 heteroatoms. The van der Waals surface area contributed by atoms with Crippen molar-refractivity contribution < 1.29 is 8.78 Å². The molecule has 0 saturated heterocycles. The summed E-state index contributed by atoms with van der Waals surface area (Å²) in [6.07, 6.45) is 0. The highest BCUT2D eigenvalue weighted by molar-refractivity contribution is 6.30. The van der Waals surface area contributed by atoms with Crippen LogP contribution < -0.4 is 5.32 Å². The molecule has 0 aliphatic rings. The first-order valence-electron chi connectivity index (χ1n) is 5.93. The Kier molecular flexibility index (Phi) is 4.21. The maximum Gasteiger partial charge on any atom is 0.131 e. The topological polar surface area (TPSA) is 35.8 Å². The average molecular weight is 293 g/mol. The van der Waals surface area contributed by atoms with E-state index in [4.69, 9.17) is 16.9 Å². The molecular formula is C15H11ClF2N2. The van der Waals surface area contributed by atoms with E-state index in [2.05, 4.69) is 5.32 Å². The predicted molar refractivity (Wildman–Crippen MR) is 74.6 cm³/mol. The number of hydrogen-bond acceptors (Lipinski definition) is 2. The van der Waals surface area contributed by atoms with Gasteiger partial charge in [-0.15, -0.1) is 0 Å². The zero-order valence-corrected chi connectivity index (χ0v) is 11.4. The van der Waals surface area contributed by atoms with Crippen LogP contribution >= 0.6 is 11.6 Å². The van der Waals surface area contributed by atoms with E-state index in [0.29, 0.717) is 16.3 Å². The Morgan fingerprint density at radius 3 is 2.45 bits per heavy atom. The maximum atomic E-state index is 13.7. The van der Waals surface area contributed by atoms with Crippen LogP contribution in [0.1, 0.15) is 24.1 Å². The molecule has 1 unspecified atom stereocenters. The predicted octanol–water partition coefficient (Wildman–Crippen LogP) is 4.66. The smallest absolute Gasteiger partial charge is 0.131 e. The summed E-state index contributed by atoms with van der Waals surface area (Å²) in [6.45, 7) is 1.61. The molecule has 2 aromatic carbocycles. The molecule has 0 spiro atoms. The van der Waals surface area contributed by atoms with Crippen LogP contribution in [-0.2, 0) is 0 Å². The molecule has 0 aromatic heterocycles. The lowest BCUT2D eigenvalue weighted by molar-refractivity contribution is 0.544. The van der Waals surface area contributed by atoms with Crippen molar-refractivity contribution in [2.75, 3.05) is 5.32 Å². The standard InChI is InChI=1S/C15H11ClF2N2/c1-9(15-12(17)3-2-4-13(15)18)20-14-7-11(16)6-5-10(14)8-19/h2-7,9,20H,1H3. The Morgan fingerprint density at radius 2 is 1.85 bits per heavy atom. The van der Waals surface area contributed by atoms with Crippen molar-refractivity contribution in [3.05, 3.63) is 64.2 Å². The molecule has 0 radical (unpaired) electrons. The van der Waals surface area contributed by atoms with Gasteiger partial charge in [-0.3, -0.25) is 0 Å². The van der Waals surface area contributed by atoms with Crippen molar-refractivity contribution in [3.8, 4) is 6.07 Å². The molecule has 0 saturated carbocycles. The second-order valence-corrected chi connectivity index (χ2v) is 4.74. The van der Waals surface area contributed by atoms with Gasteiger partial charge in [-0.25, -0.2) is 8.78 Å². The number of anilines is 1. The lowest BCUT2D eigenvalue weighted by Crippen LogP contribution is -2.11. The molecule has 0 amide bonds. The fourth-order valence-electron chi connectivity index (χ4n) is 1.96. The van der Waals surface area contributed by atoms with E-state index in [9.17, 15) is 8.78 Å². The quantitative estimate of drug-likeness (QED) is 0.893. The second-order valence-electron chi connectivity index (χ2n) is 4.30. The Hall–Kier alpha value is -2.12. The van der Waals surface area contributed by atoms with Crippen LogP contribution in [0.2, 0.25) is 5.02 Å². The molecule has 20 heavy (non-hydrogen) atoms. The minimum Gasteiger partial charge on any atom is -0.377 e. The number of nitriles is 1. The molecule has 2 rings (SSSR count). The van der Waals surface area contributed by atoms with Gasteiger partial charge in [0.15, 0.2) is 0 Å². The minimum atomic E-state index is -0.637. The molecule has 0 aliphatic carbocycles. The molecule has 0 aliphatic heterocycles. The summed E-state index contributed by atoms with van der Waals surface area (Å²) in [5.74, 6) is -1.27. The Labute approximate surface area is 120 Å². The van der Waals surface area contributed by atoms with E-state index in [1.54, 1.807) is 25.1 Å². The van der Waals surface area contributed by atoms with Crippen molar-refractivity contribution in [2.24, 2.45) is 0 Å². The van der Waals surface area contributed by atoms with Gasteiger partial charge in [0.05, 0.1) is 17.3 Å². The van der Waals surface area contributed by atoms with E-state index < -0.39 is 17.7 Å². The monoisotopic (exact) mass is 292 g/mol. The highest BCUT2D eigenvalue weighted by atomic mass is 35.5. The third kappa shape index (κ3) is 2.89. The van der Waals surface area contributed by atoms with Gasteiger partial charge in [-0.05, 0) is 37.3 Å². The van der Waals surface area contributed by atoms with Gasteiger partial charge in [-0.1, -0.05) is 17.7 Å². The van der Waals surface area contributed by atoms with Crippen molar-refractivity contribution in [1.29, 1.82) is 5.26 Å². The Balaban J connectivity index is 2.35. The molecule has 0 fully saturated rings. The summed E-state index contributed by atoms with van der Waals surface area (Å²) >= 11 is 5.87. The number of nitrogens with one attached hydrogen (secondary N) is 1. The molecule has 1 atom stereocenters. The van der Waals surface area contributed by atoms with Crippen LogP contribution in [0.4, 0.5) is 14.5 Å². The highest BCUT2D eigenvalue weighted by Crippen LogP contribution is 2.27. The van der Waals surface area contributed by atoms with Gasteiger partial charge in [0.2, 0.25) is 0 Å². The lowest BCUT2D eigenvalue weighted by atomic mass is 10.1. The zero-order valence-electron chi connectivity index (χ0n) is 10.6. The third-order valence-corrected chi connectivity index (χ3v) is 3.14. The van der Waals surface area contributed by atoms with E-state index in [1.807, 2.05) is 6.07 Å². The van der Waals surface area contributed by atoms with Gasteiger partial charge in [0, 0.05) is 10.6 Å². The number of hydrogen-bond donors (Lipinski definition) is 1. The number of benzene rings is 2. The summed E-state index contributed by atoms with van der Waals surface area (Å²) in [4.78, 5) is 0. The van der Waals surface area contributed by atoms with Crippen molar-refractivity contribution >= 4 is 17.3 Å². The molecule has 2 aromatic rings. The van der Waals surface area contributed by atoms with Crippen LogP contribution in [0.3, 0.4) is 0 Å². The van der Waals surface area contributed by atoms with Crippen LogP contribution in [0.15, 0.2) is 36.4 Å². The zero-order chi connectivity index (χ0) is 14.7. The average Bonchev–Trinajstić information content (AvgIpc) is 2.38. The Morgan fingerprint density at radius 1 is 1.20 bits per heavy atom. The van der Waals surface area contributed by atoms with Crippen LogP contribution in [-0.4, -0.2) is 0 Å². The van der Waals surface area contributed by atoms with Crippen LogP contribution in [0.25, 0.3) is 0 Å². The van der Waals surface area contributed by atoms with Crippen molar-refractivity contribution in [1.82, 2.24) is 0 Å². The Bertz CT molecular complexity index is 660. The fraction of sp³-hybridized carbons (Fsp3) is 0.133. The summed E-state index contributed by atoms with van der Waals surface area (Å²) in [7, 11) is 0. The first-order chi connectivity index (χ1) is 9.52. The van der Waals surface area contributed by atoms with Gasteiger partial charge in [0.25, 0.3) is 0 Å². The number of nitrogens with zero attached hydrogens (tertiary/aromatic N) is 1. The highest BCUT2D eigenvalue weighted by Gasteiger charge is 2.17. The summed E-state index contributed by atoms with van der Waals surface area (Å²) in [6, 6.07) is 9.74. The van der Waals surface area contributed by atoms with Crippen molar-refractivity contribution in [3.63, 3.8) is 0 Å². The minimum absolute atomic E-state index is 0.0728. The molecular weight excluding hydrogens is 282 g/mol. The van der Waals surface area contributed by atoms with Crippen LogP contribution in [0.5, 0.6) is 0 Å². The van der Waals surface area contributed by atoms with E-state index in [0.717, 1.165) is 0 Å². The summed E-state index contributed by atoms with van der Waals surface area (Å²) in [5, 5.41) is 12.4. The molecule has 1 N–H and O–H groups in total. The fourth-order valence-corrected chi connectivity index (χ4v) is 2.14.